The molecule has 1 aromatic rings. The number of hydrogen-bond acceptors (Lipinski definition) is 3. The van der Waals surface area contributed by atoms with Crippen LogP contribution in [0.25, 0.3) is 0 Å². The van der Waals surface area contributed by atoms with Crippen molar-refractivity contribution in [3.05, 3.63) is 29.3 Å². The van der Waals surface area contributed by atoms with E-state index in [0.717, 1.165) is 16.9 Å². The van der Waals surface area contributed by atoms with Crippen LogP contribution in [-0.4, -0.2) is 18.3 Å². The molecule has 2 atom stereocenters. The summed E-state index contributed by atoms with van der Waals surface area (Å²) in [5, 5.41) is 9.82. The average Bonchev–Trinajstić information content (AvgIpc) is 2.17. The van der Waals surface area contributed by atoms with E-state index in [4.69, 9.17) is 10.5 Å². The summed E-state index contributed by atoms with van der Waals surface area (Å²) in [6, 6.07) is 5.31. The molecule has 0 unspecified atom stereocenters. The molecular formula is C11H17NO2. The van der Waals surface area contributed by atoms with Gasteiger partial charge in [-0.1, -0.05) is 12.1 Å². The van der Waals surface area contributed by atoms with Crippen LogP contribution in [0.4, 0.5) is 0 Å². The Bertz CT molecular complexity index is 310. The van der Waals surface area contributed by atoms with Gasteiger partial charge < -0.3 is 15.6 Å². The van der Waals surface area contributed by atoms with E-state index in [9.17, 15) is 5.11 Å². The Morgan fingerprint density at radius 2 is 2.07 bits per heavy atom. The molecule has 0 aliphatic heterocycles. The summed E-state index contributed by atoms with van der Waals surface area (Å²) in [4.78, 5) is 0. The second-order valence-electron chi connectivity index (χ2n) is 3.48. The second kappa shape index (κ2) is 4.44. The molecule has 0 saturated heterocycles. The molecule has 0 radical (unpaired) electrons. The zero-order chi connectivity index (χ0) is 10.7. The van der Waals surface area contributed by atoms with Crippen LogP contribution in [0.3, 0.4) is 0 Å². The van der Waals surface area contributed by atoms with Crippen molar-refractivity contribution in [1.82, 2.24) is 0 Å². The van der Waals surface area contributed by atoms with E-state index in [2.05, 4.69) is 0 Å². The van der Waals surface area contributed by atoms with Crippen molar-refractivity contribution in [2.45, 2.75) is 26.0 Å². The smallest absolute Gasteiger partial charge is 0.122 e. The van der Waals surface area contributed by atoms with Crippen molar-refractivity contribution in [2.24, 2.45) is 5.73 Å². The molecule has 0 spiro atoms. The van der Waals surface area contributed by atoms with Crippen molar-refractivity contribution in [2.75, 3.05) is 7.11 Å². The Labute approximate surface area is 84.5 Å². The highest BCUT2D eigenvalue weighted by Crippen LogP contribution is 2.26. The summed E-state index contributed by atoms with van der Waals surface area (Å²) < 4.78 is 5.16. The van der Waals surface area contributed by atoms with Crippen LogP contribution in [0, 0.1) is 6.92 Å². The number of methoxy groups -OCH3 is 1. The van der Waals surface area contributed by atoms with Crippen LogP contribution in [0.15, 0.2) is 18.2 Å². The zero-order valence-electron chi connectivity index (χ0n) is 8.82. The van der Waals surface area contributed by atoms with Gasteiger partial charge in [0.15, 0.2) is 0 Å². The number of aliphatic hydroxyl groups excluding tert-OH is 1. The quantitative estimate of drug-likeness (QED) is 0.766. The summed E-state index contributed by atoms with van der Waals surface area (Å²) in [5.74, 6) is 0.780. The highest BCUT2D eigenvalue weighted by atomic mass is 16.5. The van der Waals surface area contributed by atoms with Crippen LogP contribution in [0.2, 0.25) is 0 Å². The minimum Gasteiger partial charge on any atom is -0.496 e. The maximum atomic E-state index is 9.82. The first-order chi connectivity index (χ1) is 6.57. The van der Waals surface area contributed by atoms with E-state index in [-0.39, 0.29) is 6.04 Å². The minimum atomic E-state index is -0.634. The topological polar surface area (TPSA) is 55.5 Å². The van der Waals surface area contributed by atoms with Crippen molar-refractivity contribution in [3.8, 4) is 5.75 Å². The Hall–Kier alpha value is -1.06. The summed E-state index contributed by atoms with van der Waals surface area (Å²) >= 11 is 0. The molecular weight excluding hydrogens is 178 g/mol. The van der Waals surface area contributed by atoms with E-state index in [1.165, 1.54) is 0 Å². The molecule has 0 fully saturated rings. The predicted octanol–water partition coefficient (Wildman–Crippen LogP) is 1.38. The van der Waals surface area contributed by atoms with E-state index in [1.54, 1.807) is 14.0 Å². The fourth-order valence-electron chi connectivity index (χ4n) is 1.46. The van der Waals surface area contributed by atoms with E-state index in [0.29, 0.717) is 0 Å². The largest absolute Gasteiger partial charge is 0.496 e. The first-order valence-electron chi connectivity index (χ1n) is 4.65. The van der Waals surface area contributed by atoms with E-state index in [1.807, 2.05) is 25.1 Å². The second-order valence-corrected chi connectivity index (χ2v) is 3.48. The predicted molar refractivity (Wildman–Crippen MR) is 56.3 cm³/mol. The van der Waals surface area contributed by atoms with Crippen LogP contribution < -0.4 is 10.5 Å². The first-order valence-corrected chi connectivity index (χ1v) is 4.65. The van der Waals surface area contributed by atoms with Gasteiger partial charge in [0.25, 0.3) is 0 Å². The zero-order valence-corrected chi connectivity index (χ0v) is 8.82. The van der Waals surface area contributed by atoms with Gasteiger partial charge in [-0.25, -0.2) is 0 Å². The molecule has 3 heteroatoms. The molecule has 78 valence electrons. The molecule has 14 heavy (non-hydrogen) atoms. The lowest BCUT2D eigenvalue weighted by atomic mass is 9.98. The third kappa shape index (κ3) is 2.05. The van der Waals surface area contributed by atoms with Gasteiger partial charge >= 0.3 is 0 Å². The number of hydrogen-bond donors (Lipinski definition) is 2. The van der Waals surface area contributed by atoms with Gasteiger partial charge in [-0.15, -0.1) is 0 Å². The third-order valence-electron chi connectivity index (χ3n) is 2.36. The number of rotatable bonds is 3. The van der Waals surface area contributed by atoms with Gasteiger partial charge in [0.2, 0.25) is 0 Å². The molecule has 3 nitrogen and oxygen atoms in total. The maximum absolute atomic E-state index is 9.82. The first kappa shape index (κ1) is 11.0. The Morgan fingerprint density at radius 1 is 1.43 bits per heavy atom. The van der Waals surface area contributed by atoms with Crippen LogP contribution in [0.1, 0.15) is 24.2 Å². The van der Waals surface area contributed by atoms with E-state index >= 15 is 0 Å². The monoisotopic (exact) mass is 195 g/mol. The molecule has 0 aromatic heterocycles. The van der Waals surface area contributed by atoms with Crippen LogP contribution in [0.5, 0.6) is 5.75 Å². The summed E-state index contributed by atoms with van der Waals surface area (Å²) in [7, 11) is 1.62. The van der Waals surface area contributed by atoms with Crippen LogP contribution >= 0.6 is 0 Å². The Kier molecular flexibility index (Phi) is 3.49. The molecule has 0 amide bonds. The van der Waals surface area contributed by atoms with Crippen molar-refractivity contribution in [3.63, 3.8) is 0 Å². The summed E-state index contributed by atoms with van der Waals surface area (Å²) in [6.07, 6.45) is -0.634. The molecule has 3 N–H and O–H groups in total. The highest BCUT2D eigenvalue weighted by Gasteiger charge is 2.16. The van der Waals surface area contributed by atoms with Gasteiger partial charge in [-0.2, -0.15) is 0 Å². The molecule has 0 aliphatic rings. The van der Waals surface area contributed by atoms with Gasteiger partial charge in [0.05, 0.1) is 13.2 Å². The van der Waals surface area contributed by atoms with Crippen LogP contribution in [-0.2, 0) is 0 Å². The molecule has 1 rings (SSSR count). The van der Waals surface area contributed by atoms with Gasteiger partial charge in [0.1, 0.15) is 5.75 Å². The standard InChI is InChI=1S/C11H17NO2/c1-7-9(11(13)8(2)12)5-4-6-10(7)14-3/h4-6,8,11,13H,12H2,1-3H3/t8-,11-/m0/s1. The molecule has 0 heterocycles. The number of nitrogens with two attached hydrogens (primary N) is 1. The van der Waals surface area contributed by atoms with Crippen molar-refractivity contribution >= 4 is 0 Å². The normalized spacial score (nSPS) is 14.9. The fraction of sp³-hybridized carbons (Fsp3) is 0.455. The minimum absolute atomic E-state index is 0.277. The molecule has 0 aliphatic carbocycles. The number of benzene rings is 1. The van der Waals surface area contributed by atoms with Gasteiger partial charge in [0, 0.05) is 6.04 Å². The maximum Gasteiger partial charge on any atom is 0.122 e. The highest BCUT2D eigenvalue weighted by molar-refractivity contribution is 5.40. The summed E-state index contributed by atoms with van der Waals surface area (Å²) in [5.41, 5.74) is 7.41. The SMILES string of the molecule is COc1cccc([C@@H](O)[C@H](C)N)c1C. The van der Waals surface area contributed by atoms with Crippen molar-refractivity contribution in [1.29, 1.82) is 0 Å². The molecule has 1 aromatic carbocycles. The fourth-order valence-corrected chi connectivity index (χ4v) is 1.46. The Balaban J connectivity index is 3.09. The summed E-state index contributed by atoms with van der Waals surface area (Å²) in [6.45, 7) is 3.70. The number of aliphatic hydroxyl groups is 1. The lowest BCUT2D eigenvalue weighted by Crippen LogP contribution is -2.25. The van der Waals surface area contributed by atoms with Crippen molar-refractivity contribution < 1.29 is 9.84 Å². The lowest BCUT2D eigenvalue weighted by molar-refractivity contribution is 0.152. The Morgan fingerprint density at radius 3 is 2.57 bits per heavy atom. The lowest BCUT2D eigenvalue weighted by Gasteiger charge is -2.18. The molecule has 0 saturated carbocycles. The van der Waals surface area contributed by atoms with E-state index < -0.39 is 6.10 Å². The van der Waals surface area contributed by atoms with Gasteiger partial charge in [-0.3, -0.25) is 0 Å². The third-order valence-corrected chi connectivity index (χ3v) is 2.36. The van der Waals surface area contributed by atoms with Gasteiger partial charge in [-0.05, 0) is 31.0 Å². The number of ether oxygens (including phenoxy) is 1. The average molecular weight is 195 g/mol. The molecule has 0 bridgehead atoms.